The summed E-state index contributed by atoms with van der Waals surface area (Å²) in [7, 11) is 3.39. The molecule has 1 fully saturated rings. The second kappa shape index (κ2) is 11.5. The fraction of sp³-hybridized carbons (Fsp3) is 0.267. The molecule has 1 saturated heterocycles. The number of aryl methyl sites for hydroxylation is 1. The second-order valence-electron chi connectivity index (χ2n) is 9.21. The molecule has 0 spiro atoms. The molecule has 5 rings (SSSR count). The summed E-state index contributed by atoms with van der Waals surface area (Å²) >= 11 is 0. The van der Waals surface area contributed by atoms with Crippen molar-refractivity contribution in [3.63, 3.8) is 0 Å². The molecule has 0 aliphatic carbocycles. The molecule has 0 bridgehead atoms. The molecule has 0 saturated carbocycles. The van der Waals surface area contributed by atoms with Gasteiger partial charge in [-0.05, 0) is 43.2 Å². The predicted molar refractivity (Wildman–Crippen MR) is 142 cm³/mol. The summed E-state index contributed by atoms with van der Waals surface area (Å²) in [6, 6.07) is 22.9. The fourth-order valence-corrected chi connectivity index (χ4v) is 4.71. The number of para-hydroxylation sites is 2. The lowest BCUT2D eigenvalue weighted by molar-refractivity contribution is 0.0506. The lowest BCUT2D eigenvalue weighted by Crippen LogP contribution is -2.37. The van der Waals surface area contributed by atoms with Gasteiger partial charge in [-0.3, -0.25) is 4.79 Å². The maximum atomic E-state index is 14.0. The van der Waals surface area contributed by atoms with Crippen molar-refractivity contribution in [3.05, 3.63) is 95.8 Å². The van der Waals surface area contributed by atoms with Crippen molar-refractivity contribution in [2.75, 3.05) is 20.3 Å². The topological polar surface area (TPSA) is 65.8 Å². The highest BCUT2D eigenvalue weighted by atomic mass is 19.1. The van der Waals surface area contributed by atoms with E-state index >= 15 is 0 Å². The van der Waals surface area contributed by atoms with E-state index in [0.717, 1.165) is 24.0 Å². The van der Waals surface area contributed by atoms with Gasteiger partial charge in [0.2, 0.25) is 5.88 Å². The minimum atomic E-state index is -0.459. The van der Waals surface area contributed by atoms with Crippen LogP contribution >= 0.6 is 0 Å². The summed E-state index contributed by atoms with van der Waals surface area (Å²) in [6.45, 7) is 1.22. The number of benzene rings is 3. The van der Waals surface area contributed by atoms with Gasteiger partial charge in [0, 0.05) is 31.3 Å². The van der Waals surface area contributed by atoms with Crippen LogP contribution < -0.4 is 9.47 Å². The minimum absolute atomic E-state index is 0.0945. The number of nitrogens with zero attached hydrogens (tertiary/aromatic N) is 3. The van der Waals surface area contributed by atoms with Crippen LogP contribution in [0.3, 0.4) is 0 Å². The highest BCUT2D eigenvalue weighted by Crippen LogP contribution is 2.37. The molecule has 1 aliphatic heterocycles. The van der Waals surface area contributed by atoms with Crippen molar-refractivity contribution in [1.29, 1.82) is 0 Å². The first kappa shape index (κ1) is 25.5. The van der Waals surface area contributed by atoms with Crippen LogP contribution in [0, 0.1) is 5.82 Å². The molecule has 2 heterocycles. The number of halogens is 1. The number of rotatable bonds is 9. The number of ether oxygens (including phenoxy) is 3. The molecule has 0 radical (unpaired) electrons. The summed E-state index contributed by atoms with van der Waals surface area (Å²) < 4.78 is 33.5. The molecule has 4 aromatic rings. The first-order valence-electron chi connectivity index (χ1n) is 12.6. The Bertz CT molecular complexity index is 1400. The predicted octanol–water partition coefficient (Wildman–Crippen LogP) is 5.85. The van der Waals surface area contributed by atoms with Crippen molar-refractivity contribution in [2.24, 2.45) is 7.05 Å². The molecule has 1 aromatic heterocycles. The molecule has 3 aromatic carbocycles. The Morgan fingerprint density at radius 1 is 1.08 bits per heavy atom. The van der Waals surface area contributed by atoms with Crippen molar-refractivity contribution in [3.8, 4) is 28.6 Å². The van der Waals surface area contributed by atoms with E-state index in [-0.39, 0.29) is 24.1 Å². The molecule has 1 aliphatic rings. The lowest BCUT2D eigenvalue weighted by atomic mass is 10.1. The Kier molecular flexibility index (Phi) is 7.70. The SMILES string of the molecule is COc1ccccc1Oc1c(CN(C[C@H]2CCCO2)C(=O)c2cccc(F)c2)c(-c2ccccc2)nn1C. The molecule has 1 amide bonds. The van der Waals surface area contributed by atoms with Gasteiger partial charge in [0.15, 0.2) is 11.5 Å². The third-order valence-electron chi connectivity index (χ3n) is 6.57. The van der Waals surface area contributed by atoms with Gasteiger partial charge in [0.1, 0.15) is 11.5 Å². The van der Waals surface area contributed by atoms with E-state index in [1.807, 2.05) is 54.6 Å². The van der Waals surface area contributed by atoms with E-state index in [9.17, 15) is 9.18 Å². The highest BCUT2D eigenvalue weighted by Gasteiger charge is 2.28. The van der Waals surface area contributed by atoms with E-state index in [2.05, 4.69) is 0 Å². The van der Waals surface area contributed by atoms with Gasteiger partial charge in [-0.2, -0.15) is 5.10 Å². The molecule has 0 unspecified atom stereocenters. The van der Waals surface area contributed by atoms with Gasteiger partial charge < -0.3 is 19.1 Å². The van der Waals surface area contributed by atoms with Gasteiger partial charge in [0.25, 0.3) is 5.91 Å². The second-order valence-corrected chi connectivity index (χ2v) is 9.21. The van der Waals surface area contributed by atoms with E-state index in [1.165, 1.54) is 12.1 Å². The summed E-state index contributed by atoms with van der Waals surface area (Å²) in [5, 5.41) is 4.79. The molecule has 38 heavy (non-hydrogen) atoms. The highest BCUT2D eigenvalue weighted by molar-refractivity contribution is 5.94. The average Bonchev–Trinajstić information content (AvgIpc) is 3.57. The van der Waals surface area contributed by atoms with Crippen molar-refractivity contribution >= 4 is 5.91 Å². The van der Waals surface area contributed by atoms with Crippen LogP contribution in [-0.4, -0.2) is 47.0 Å². The van der Waals surface area contributed by atoms with Crippen molar-refractivity contribution in [2.45, 2.75) is 25.5 Å². The van der Waals surface area contributed by atoms with Gasteiger partial charge in [-0.15, -0.1) is 0 Å². The number of hydrogen-bond acceptors (Lipinski definition) is 5. The van der Waals surface area contributed by atoms with Gasteiger partial charge in [0.05, 0.1) is 25.3 Å². The van der Waals surface area contributed by atoms with Crippen molar-refractivity contribution in [1.82, 2.24) is 14.7 Å². The Labute approximate surface area is 221 Å². The van der Waals surface area contributed by atoms with E-state index < -0.39 is 5.82 Å². The number of amides is 1. The number of aromatic nitrogens is 2. The Morgan fingerprint density at radius 3 is 2.55 bits per heavy atom. The van der Waals surface area contributed by atoms with Gasteiger partial charge in [-0.25, -0.2) is 9.07 Å². The van der Waals surface area contributed by atoms with Crippen LogP contribution in [0.5, 0.6) is 17.4 Å². The molecule has 8 heteroatoms. The minimum Gasteiger partial charge on any atom is -0.493 e. The average molecular weight is 516 g/mol. The third-order valence-corrected chi connectivity index (χ3v) is 6.57. The third kappa shape index (κ3) is 5.55. The van der Waals surface area contributed by atoms with Crippen LogP contribution in [0.25, 0.3) is 11.3 Å². The zero-order chi connectivity index (χ0) is 26.5. The molecule has 196 valence electrons. The van der Waals surface area contributed by atoms with Crippen LogP contribution in [0.15, 0.2) is 78.9 Å². The lowest BCUT2D eigenvalue weighted by Gasteiger charge is -2.26. The van der Waals surface area contributed by atoms with Crippen LogP contribution in [0.1, 0.15) is 28.8 Å². The van der Waals surface area contributed by atoms with Crippen molar-refractivity contribution < 1.29 is 23.4 Å². The van der Waals surface area contributed by atoms with Crippen LogP contribution in [-0.2, 0) is 18.3 Å². The summed E-state index contributed by atoms with van der Waals surface area (Å²) in [6.07, 6.45) is 1.70. The summed E-state index contributed by atoms with van der Waals surface area (Å²) in [5.74, 6) is 0.845. The van der Waals surface area contributed by atoms with Crippen LogP contribution in [0.4, 0.5) is 4.39 Å². The summed E-state index contributed by atoms with van der Waals surface area (Å²) in [5.41, 5.74) is 2.60. The van der Waals surface area contributed by atoms with E-state index in [1.54, 1.807) is 35.9 Å². The van der Waals surface area contributed by atoms with Gasteiger partial charge in [-0.1, -0.05) is 48.5 Å². The Balaban J connectivity index is 1.58. The quantitative estimate of drug-likeness (QED) is 0.280. The first-order valence-corrected chi connectivity index (χ1v) is 12.6. The molecular formula is C30H30FN3O4. The normalized spacial score (nSPS) is 14.9. The Hall–Kier alpha value is -4.17. The maximum absolute atomic E-state index is 14.0. The fourth-order valence-electron chi connectivity index (χ4n) is 4.71. The first-order chi connectivity index (χ1) is 18.5. The molecule has 0 N–H and O–H groups in total. The maximum Gasteiger partial charge on any atom is 0.254 e. The number of hydrogen-bond donors (Lipinski definition) is 0. The number of methoxy groups -OCH3 is 1. The van der Waals surface area contributed by atoms with Crippen LogP contribution in [0.2, 0.25) is 0 Å². The smallest absolute Gasteiger partial charge is 0.254 e. The monoisotopic (exact) mass is 515 g/mol. The van der Waals surface area contributed by atoms with E-state index in [0.29, 0.717) is 36.2 Å². The number of carbonyl (C=O) groups excluding carboxylic acids is 1. The van der Waals surface area contributed by atoms with Gasteiger partial charge >= 0.3 is 0 Å². The largest absolute Gasteiger partial charge is 0.493 e. The molecule has 1 atom stereocenters. The van der Waals surface area contributed by atoms with E-state index in [4.69, 9.17) is 19.3 Å². The molecule has 7 nitrogen and oxygen atoms in total. The standard InChI is InChI=1S/C30H30FN3O4/c1-33-30(38-27-16-7-6-15-26(27)36-2)25(28(32-33)21-10-4-3-5-11-21)20-34(19-24-14-9-17-37-24)29(35)22-12-8-13-23(31)18-22/h3-8,10-13,15-16,18,24H,9,14,17,19-20H2,1-2H3/t24-/m1/s1. The summed E-state index contributed by atoms with van der Waals surface area (Å²) in [4.78, 5) is 15.4. The number of carbonyl (C=O) groups is 1. The molecular weight excluding hydrogens is 485 g/mol. The zero-order valence-corrected chi connectivity index (χ0v) is 21.5. The zero-order valence-electron chi connectivity index (χ0n) is 21.5. The Morgan fingerprint density at radius 2 is 1.84 bits per heavy atom.